The third-order valence-electron chi connectivity index (χ3n) is 3.62. The zero-order valence-electron chi connectivity index (χ0n) is 14.3. The smallest absolute Gasteiger partial charge is 0.191 e. The predicted molar refractivity (Wildman–Crippen MR) is 99.5 cm³/mol. The van der Waals surface area contributed by atoms with Crippen molar-refractivity contribution in [3.05, 3.63) is 78.2 Å². The summed E-state index contributed by atoms with van der Waals surface area (Å²) in [5.41, 5.74) is 2.30. The first-order chi connectivity index (χ1) is 12.3. The van der Waals surface area contributed by atoms with Crippen molar-refractivity contribution in [3.63, 3.8) is 0 Å². The molecule has 0 unspecified atom stereocenters. The quantitative estimate of drug-likeness (QED) is 0.537. The van der Waals surface area contributed by atoms with Gasteiger partial charge in [-0.05, 0) is 36.2 Å². The van der Waals surface area contributed by atoms with Crippen LogP contribution in [0.25, 0.3) is 5.82 Å². The van der Waals surface area contributed by atoms with Gasteiger partial charge in [0.05, 0.1) is 6.54 Å². The first kappa shape index (κ1) is 16.7. The molecule has 2 N–H and O–H groups in total. The minimum Gasteiger partial charge on any atom is -0.357 e. The van der Waals surface area contributed by atoms with Gasteiger partial charge in [-0.1, -0.05) is 30.3 Å². The number of hydrogen-bond donors (Lipinski definition) is 2. The highest BCUT2D eigenvalue weighted by molar-refractivity contribution is 5.79. The Labute approximate surface area is 147 Å². The van der Waals surface area contributed by atoms with Crippen LogP contribution in [0.4, 0.5) is 0 Å². The summed E-state index contributed by atoms with van der Waals surface area (Å²) in [5, 5.41) is 10.8. The molecule has 2 heterocycles. The number of aliphatic imine (C=N–C) groups is 1. The van der Waals surface area contributed by atoms with Gasteiger partial charge < -0.3 is 10.6 Å². The van der Waals surface area contributed by atoms with Crippen LogP contribution in [-0.4, -0.2) is 27.3 Å². The largest absolute Gasteiger partial charge is 0.357 e. The van der Waals surface area contributed by atoms with Crippen LogP contribution in [0.3, 0.4) is 0 Å². The third-order valence-corrected chi connectivity index (χ3v) is 3.62. The van der Waals surface area contributed by atoms with E-state index in [-0.39, 0.29) is 0 Å². The van der Waals surface area contributed by atoms with E-state index < -0.39 is 0 Å². The second kappa shape index (κ2) is 8.63. The zero-order valence-corrected chi connectivity index (χ0v) is 14.3. The summed E-state index contributed by atoms with van der Waals surface area (Å²) in [6, 6.07) is 16.1. The lowest BCUT2D eigenvalue weighted by molar-refractivity contribution is 0.813. The first-order valence-corrected chi connectivity index (χ1v) is 8.36. The molecule has 0 aliphatic carbocycles. The molecule has 0 amide bonds. The van der Waals surface area contributed by atoms with Crippen LogP contribution in [0, 0.1) is 0 Å². The molecule has 3 rings (SSSR count). The van der Waals surface area contributed by atoms with Gasteiger partial charge in [-0.3, -0.25) is 0 Å². The number of hydrogen-bond acceptors (Lipinski definition) is 3. The maximum Gasteiger partial charge on any atom is 0.191 e. The van der Waals surface area contributed by atoms with E-state index in [4.69, 9.17) is 0 Å². The molecule has 0 spiro atoms. The van der Waals surface area contributed by atoms with E-state index >= 15 is 0 Å². The first-order valence-electron chi connectivity index (χ1n) is 8.36. The number of nitrogens with zero attached hydrogens (tertiary/aromatic N) is 4. The maximum absolute atomic E-state index is 4.66. The van der Waals surface area contributed by atoms with Crippen LogP contribution in [0.15, 0.2) is 72.1 Å². The molecule has 0 radical (unpaired) electrons. The molecular formula is C19H22N6. The molecule has 0 aliphatic rings. The molecule has 0 saturated carbocycles. The van der Waals surface area contributed by atoms with Crippen molar-refractivity contribution in [3.8, 4) is 5.82 Å². The summed E-state index contributed by atoms with van der Waals surface area (Å²) >= 11 is 0. The average molecular weight is 334 g/mol. The zero-order chi connectivity index (χ0) is 17.3. The average Bonchev–Trinajstić information content (AvgIpc) is 3.20. The Morgan fingerprint density at radius 2 is 1.92 bits per heavy atom. The maximum atomic E-state index is 4.66. The van der Waals surface area contributed by atoms with Gasteiger partial charge in [0, 0.05) is 31.7 Å². The fourth-order valence-electron chi connectivity index (χ4n) is 2.38. The lowest BCUT2D eigenvalue weighted by Gasteiger charge is -2.11. The summed E-state index contributed by atoms with van der Waals surface area (Å²) in [6.07, 6.45) is 5.40. The fraction of sp³-hybridized carbons (Fsp3) is 0.211. The van der Waals surface area contributed by atoms with Crippen LogP contribution in [0.5, 0.6) is 0 Å². The van der Waals surface area contributed by atoms with Gasteiger partial charge >= 0.3 is 0 Å². The Morgan fingerprint density at radius 1 is 1.04 bits per heavy atom. The summed E-state index contributed by atoms with van der Waals surface area (Å²) < 4.78 is 1.74. The Hall–Kier alpha value is -3.15. The van der Waals surface area contributed by atoms with Gasteiger partial charge in [0.25, 0.3) is 0 Å². The highest BCUT2D eigenvalue weighted by Crippen LogP contribution is 2.07. The molecule has 0 atom stereocenters. The number of rotatable bonds is 6. The summed E-state index contributed by atoms with van der Waals surface area (Å²) in [5.74, 6) is 1.59. The van der Waals surface area contributed by atoms with Crippen molar-refractivity contribution in [2.45, 2.75) is 20.0 Å². The highest BCUT2D eigenvalue weighted by Gasteiger charge is 2.01. The topological polar surface area (TPSA) is 67.1 Å². The van der Waals surface area contributed by atoms with Crippen molar-refractivity contribution >= 4 is 5.96 Å². The molecule has 0 fully saturated rings. The number of pyridine rings is 1. The lowest BCUT2D eigenvalue weighted by Crippen LogP contribution is -2.36. The van der Waals surface area contributed by atoms with Crippen LogP contribution in [0.2, 0.25) is 0 Å². The van der Waals surface area contributed by atoms with E-state index in [9.17, 15) is 0 Å². The molecule has 6 heteroatoms. The van der Waals surface area contributed by atoms with Gasteiger partial charge in [-0.25, -0.2) is 14.7 Å². The standard InChI is InChI=1S/C19H22N6/c1-2-20-19(22-14-16-7-4-3-5-8-16)23-15-17-9-11-21-18(13-17)25-12-6-10-24-25/h3-13H,2,14-15H2,1H3,(H2,20,22,23). The van der Waals surface area contributed by atoms with E-state index in [1.807, 2.05) is 42.6 Å². The normalized spacial score (nSPS) is 11.3. The predicted octanol–water partition coefficient (Wildman–Crippen LogP) is 2.52. The highest BCUT2D eigenvalue weighted by atomic mass is 15.3. The van der Waals surface area contributed by atoms with Crippen molar-refractivity contribution in [1.29, 1.82) is 0 Å². The Morgan fingerprint density at radius 3 is 2.68 bits per heavy atom. The minimum atomic E-state index is 0.570. The summed E-state index contributed by atoms with van der Waals surface area (Å²) in [6.45, 7) is 4.18. The van der Waals surface area contributed by atoms with Gasteiger partial charge in [0.2, 0.25) is 0 Å². The molecule has 0 saturated heterocycles. The van der Waals surface area contributed by atoms with Gasteiger partial charge in [-0.15, -0.1) is 0 Å². The summed E-state index contributed by atoms with van der Waals surface area (Å²) in [4.78, 5) is 9.00. The molecule has 128 valence electrons. The fourth-order valence-corrected chi connectivity index (χ4v) is 2.38. The Bertz CT molecular complexity index is 796. The number of nitrogens with one attached hydrogen (secondary N) is 2. The second-order valence-electron chi connectivity index (χ2n) is 5.51. The van der Waals surface area contributed by atoms with Gasteiger partial charge in [-0.2, -0.15) is 5.10 Å². The van der Waals surface area contributed by atoms with Crippen LogP contribution < -0.4 is 10.6 Å². The number of aromatic nitrogens is 3. The minimum absolute atomic E-state index is 0.570. The third kappa shape index (κ3) is 4.91. The number of guanidine groups is 1. The van der Waals surface area contributed by atoms with Crippen molar-refractivity contribution in [2.24, 2.45) is 4.99 Å². The molecule has 2 aromatic heterocycles. The molecule has 1 aromatic carbocycles. The van der Waals surface area contributed by atoms with E-state index in [1.54, 1.807) is 17.1 Å². The van der Waals surface area contributed by atoms with E-state index in [1.165, 1.54) is 5.56 Å². The molecule has 3 aromatic rings. The van der Waals surface area contributed by atoms with Crippen LogP contribution >= 0.6 is 0 Å². The molecule has 6 nitrogen and oxygen atoms in total. The van der Waals surface area contributed by atoms with E-state index in [2.05, 4.69) is 44.8 Å². The van der Waals surface area contributed by atoms with E-state index in [0.29, 0.717) is 6.54 Å². The Kier molecular flexibility index (Phi) is 5.77. The molecule has 0 aliphatic heterocycles. The van der Waals surface area contributed by atoms with Gasteiger partial charge in [0.15, 0.2) is 11.8 Å². The SMILES string of the molecule is CCNC(=NCc1ccnc(-n2cccn2)c1)NCc1ccccc1. The lowest BCUT2D eigenvalue weighted by atomic mass is 10.2. The summed E-state index contributed by atoms with van der Waals surface area (Å²) in [7, 11) is 0. The second-order valence-corrected chi connectivity index (χ2v) is 5.51. The van der Waals surface area contributed by atoms with Crippen LogP contribution in [-0.2, 0) is 13.1 Å². The molecule has 0 bridgehead atoms. The van der Waals surface area contributed by atoms with Crippen LogP contribution in [0.1, 0.15) is 18.1 Å². The molecule has 25 heavy (non-hydrogen) atoms. The Balaban J connectivity index is 1.66. The number of benzene rings is 1. The van der Waals surface area contributed by atoms with Gasteiger partial charge in [0.1, 0.15) is 0 Å². The monoisotopic (exact) mass is 334 g/mol. The van der Waals surface area contributed by atoms with Crippen molar-refractivity contribution in [2.75, 3.05) is 6.54 Å². The van der Waals surface area contributed by atoms with Crippen molar-refractivity contribution in [1.82, 2.24) is 25.4 Å². The van der Waals surface area contributed by atoms with E-state index in [0.717, 1.165) is 30.4 Å². The van der Waals surface area contributed by atoms with Crippen molar-refractivity contribution < 1.29 is 0 Å². The molecular weight excluding hydrogens is 312 g/mol.